The highest BCUT2D eigenvalue weighted by Gasteiger charge is 2.06. The molecule has 1 aromatic rings. The molecule has 0 spiro atoms. The predicted molar refractivity (Wildman–Crippen MR) is 42.1 cm³/mol. The molecular weight excluding hydrogens is 162 g/mol. The zero-order valence-electron chi connectivity index (χ0n) is 6.48. The van der Waals surface area contributed by atoms with Crippen molar-refractivity contribution in [1.29, 1.82) is 0 Å². The van der Waals surface area contributed by atoms with Crippen LogP contribution in [0.5, 0.6) is 0 Å². The van der Waals surface area contributed by atoms with Crippen molar-refractivity contribution in [3.63, 3.8) is 0 Å². The molecule has 0 aliphatic carbocycles. The Morgan fingerprint density at radius 1 is 0.917 bits per heavy atom. The molecule has 12 heavy (non-hydrogen) atoms. The zero-order valence-corrected chi connectivity index (χ0v) is 6.48. The van der Waals surface area contributed by atoms with E-state index in [0.717, 1.165) is 12.1 Å². The molecule has 0 aliphatic heterocycles. The minimum absolute atomic E-state index is 0.170. The third-order valence-electron chi connectivity index (χ3n) is 1.68. The number of nitrogens with two attached hydrogens (primary N) is 2. The van der Waals surface area contributed by atoms with E-state index >= 15 is 0 Å². The van der Waals surface area contributed by atoms with E-state index in [1.807, 2.05) is 0 Å². The molecule has 2 nitrogen and oxygen atoms in total. The maximum absolute atomic E-state index is 12.6. The summed E-state index contributed by atoms with van der Waals surface area (Å²) in [6.07, 6.45) is 0. The molecule has 0 fully saturated rings. The van der Waals surface area contributed by atoms with Crippen molar-refractivity contribution >= 4 is 0 Å². The number of hydrogen-bond donors (Lipinski definition) is 2. The van der Waals surface area contributed by atoms with E-state index in [1.54, 1.807) is 0 Å². The van der Waals surface area contributed by atoms with Crippen molar-refractivity contribution in [2.24, 2.45) is 11.5 Å². The molecule has 0 atom stereocenters. The quantitative estimate of drug-likeness (QED) is 0.695. The smallest absolute Gasteiger partial charge is 0.159 e. The lowest BCUT2D eigenvalue weighted by molar-refractivity contribution is 0.505. The van der Waals surface area contributed by atoms with Gasteiger partial charge in [-0.1, -0.05) is 0 Å². The molecule has 0 aromatic heterocycles. The largest absolute Gasteiger partial charge is 0.326 e. The maximum Gasteiger partial charge on any atom is 0.159 e. The molecule has 0 radical (unpaired) electrons. The van der Waals surface area contributed by atoms with E-state index in [0.29, 0.717) is 11.1 Å². The highest BCUT2D eigenvalue weighted by molar-refractivity contribution is 5.28. The Bertz CT molecular complexity index is 258. The first-order valence-electron chi connectivity index (χ1n) is 3.56. The van der Waals surface area contributed by atoms with Crippen LogP contribution < -0.4 is 11.5 Å². The average molecular weight is 172 g/mol. The molecule has 66 valence electrons. The monoisotopic (exact) mass is 172 g/mol. The van der Waals surface area contributed by atoms with Gasteiger partial charge in [-0.15, -0.1) is 0 Å². The van der Waals surface area contributed by atoms with Crippen molar-refractivity contribution in [2.75, 3.05) is 0 Å². The standard InChI is InChI=1S/C8H10F2N2/c9-7-1-5(3-11)6(4-12)2-8(7)10/h1-2H,3-4,11-12H2. The van der Waals surface area contributed by atoms with Gasteiger partial charge < -0.3 is 11.5 Å². The molecule has 0 aliphatic rings. The summed E-state index contributed by atoms with van der Waals surface area (Å²) >= 11 is 0. The lowest BCUT2D eigenvalue weighted by Crippen LogP contribution is -2.07. The van der Waals surface area contributed by atoms with Gasteiger partial charge in [0.25, 0.3) is 0 Å². The first-order chi connectivity index (χ1) is 5.69. The molecule has 0 saturated carbocycles. The van der Waals surface area contributed by atoms with E-state index < -0.39 is 11.6 Å². The zero-order chi connectivity index (χ0) is 9.14. The van der Waals surface area contributed by atoms with Crippen molar-refractivity contribution < 1.29 is 8.78 Å². The Kier molecular flexibility index (Phi) is 2.73. The van der Waals surface area contributed by atoms with Crippen LogP contribution in [0.15, 0.2) is 12.1 Å². The van der Waals surface area contributed by atoms with E-state index in [4.69, 9.17) is 11.5 Å². The Morgan fingerprint density at radius 3 is 1.50 bits per heavy atom. The summed E-state index contributed by atoms with van der Waals surface area (Å²) in [7, 11) is 0. The Labute approximate surface area is 69.2 Å². The van der Waals surface area contributed by atoms with Gasteiger partial charge in [-0.05, 0) is 23.3 Å². The molecule has 0 unspecified atom stereocenters. The second-order valence-electron chi connectivity index (χ2n) is 2.44. The molecular formula is C8H10F2N2. The molecule has 0 heterocycles. The summed E-state index contributed by atoms with van der Waals surface area (Å²) in [6.45, 7) is 0.341. The normalized spacial score (nSPS) is 10.3. The van der Waals surface area contributed by atoms with Crippen LogP contribution in [-0.2, 0) is 13.1 Å². The molecule has 4 heteroatoms. The van der Waals surface area contributed by atoms with Gasteiger partial charge in [0.2, 0.25) is 0 Å². The number of rotatable bonds is 2. The summed E-state index contributed by atoms with van der Waals surface area (Å²) in [5.41, 5.74) is 11.7. The Morgan fingerprint density at radius 2 is 1.25 bits per heavy atom. The van der Waals surface area contributed by atoms with Crippen molar-refractivity contribution in [3.8, 4) is 0 Å². The fourth-order valence-corrected chi connectivity index (χ4v) is 1.01. The van der Waals surface area contributed by atoms with Gasteiger partial charge in [-0.3, -0.25) is 0 Å². The van der Waals surface area contributed by atoms with Gasteiger partial charge in [0.05, 0.1) is 0 Å². The van der Waals surface area contributed by atoms with E-state index in [2.05, 4.69) is 0 Å². The second kappa shape index (κ2) is 3.60. The summed E-state index contributed by atoms with van der Waals surface area (Å²) < 4.78 is 25.2. The summed E-state index contributed by atoms with van der Waals surface area (Å²) in [5, 5.41) is 0. The van der Waals surface area contributed by atoms with Gasteiger partial charge in [-0.2, -0.15) is 0 Å². The van der Waals surface area contributed by atoms with Gasteiger partial charge in [0.15, 0.2) is 11.6 Å². The third kappa shape index (κ3) is 1.60. The predicted octanol–water partition coefficient (Wildman–Crippen LogP) is 0.882. The molecule has 1 rings (SSSR count). The van der Waals surface area contributed by atoms with E-state index in [9.17, 15) is 8.78 Å². The number of hydrogen-bond acceptors (Lipinski definition) is 2. The van der Waals surface area contributed by atoms with Crippen LogP contribution in [0.25, 0.3) is 0 Å². The lowest BCUT2D eigenvalue weighted by Gasteiger charge is -2.05. The first-order valence-corrected chi connectivity index (χ1v) is 3.56. The van der Waals surface area contributed by atoms with Crippen LogP contribution in [0, 0.1) is 11.6 Å². The van der Waals surface area contributed by atoms with Crippen LogP contribution in [-0.4, -0.2) is 0 Å². The summed E-state index contributed by atoms with van der Waals surface area (Å²) in [4.78, 5) is 0. The SMILES string of the molecule is NCc1cc(F)c(F)cc1CN. The minimum atomic E-state index is -0.882. The van der Waals surface area contributed by atoms with Gasteiger partial charge >= 0.3 is 0 Å². The van der Waals surface area contributed by atoms with E-state index in [-0.39, 0.29) is 13.1 Å². The highest BCUT2D eigenvalue weighted by atomic mass is 19.2. The maximum atomic E-state index is 12.6. The summed E-state index contributed by atoms with van der Waals surface area (Å²) in [5.74, 6) is -1.76. The number of halogens is 2. The Balaban J connectivity index is 3.19. The fourth-order valence-electron chi connectivity index (χ4n) is 1.01. The molecule has 0 saturated heterocycles. The van der Waals surface area contributed by atoms with Gasteiger partial charge in [-0.25, -0.2) is 8.78 Å². The minimum Gasteiger partial charge on any atom is -0.326 e. The van der Waals surface area contributed by atoms with Crippen molar-refractivity contribution in [3.05, 3.63) is 34.9 Å². The third-order valence-corrected chi connectivity index (χ3v) is 1.68. The van der Waals surface area contributed by atoms with Crippen molar-refractivity contribution in [2.45, 2.75) is 13.1 Å². The number of benzene rings is 1. The van der Waals surface area contributed by atoms with Gasteiger partial charge in [0.1, 0.15) is 0 Å². The second-order valence-corrected chi connectivity index (χ2v) is 2.44. The fraction of sp³-hybridized carbons (Fsp3) is 0.250. The van der Waals surface area contributed by atoms with Crippen molar-refractivity contribution in [1.82, 2.24) is 0 Å². The highest BCUT2D eigenvalue weighted by Crippen LogP contribution is 2.13. The van der Waals surface area contributed by atoms with Gasteiger partial charge in [0, 0.05) is 13.1 Å². The summed E-state index contributed by atoms with van der Waals surface area (Å²) in [6, 6.07) is 2.16. The molecule has 0 bridgehead atoms. The first kappa shape index (κ1) is 9.09. The lowest BCUT2D eigenvalue weighted by atomic mass is 10.1. The van der Waals surface area contributed by atoms with Crippen LogP contribution in [0.4, 0.5) is 8.78 Å². The van der Waals surface area contributed by atoms with Crippen LogP contribution in [0.1, 0.15) is 11.1 Å². The van der Waals surface area contributed by atoms with Crippen LogP contribution in [0.2, 0.25) is 0 Å². The topological polar surface area (TPSA) is 52.0 Å². The Hall–Kier alpha value is -1.00. The average Bonchev–Trinajstić information content (AvgIpc) is 2.09. The molecule has 4 N–H and O–H groups in total. The molecule has 0 amide bonds. The van der Waals surface area contributed by atoms with Crippen LogP contribution in [0.3, 0.4) is 0 Å². The van der Waals surface area contributed by atoms with Crippen LogP contribution >= 0.6 is 0 Å². The molecule has 1 aromatic carbocycles. The van der Waals surface area contributed by atoms with E-state index in [1.165, 1.54) is 0 Å².